The molecule has 1 aliphatic rings. The van der Waals surface area contributed by atoms with Gasteiger partial charge in [-0.15, -0.1) is 0 Å². The van der Waals surface area contributed by atoms with Crippen molar-refractivity contribution in [1.29, 1.82) is 0 Å². The zero-order valence-electron chi connectivity index (χ0n) is 8.03. The molecular weight excluding hydrogens is 172 g/mol. The third-order valence-corrected chi connectivity index (χ3v) is 2.09. The van der Waals surface area contributed by atoms with E-state index in [1.165, 1.54) is 0 Å². The second-order valence-corrected chi connectivity index (χ2v) is 3.72. The van der Waals surface area contributed by atoms with Gasteiger partial charge in [-0.2, -0.15) is 0 Å². The lowest BCUT2D eigenvalue weighted by Gasteiger charge is -2.22. The zero-order valence-corrected chi connectivity index (χ0v) is 8.03. The van der Waals surface area contributed by atoms with Crippen LogP contribution in [0.25, 0.3) is 0 Å². The van der Waals surface area contributed by atoms with Crippen LogP contribution in [-0.2, 0) is 17.9 Å². The molecule has 0 aromatic carbocycles. The second-order valence-electron chi connectivity index (χ2n) is 3.72. The largest absolute Gasteiger partial charge is 0.462 e. The molecule has 1 aromatic heterocycles. The summed E-state index contributed by atoms with van der Waals surface area (Å²) in [5.74, 6) is 0.440. The van der Waals surface area contributed by atoms with Crippen LogP contribution in [0.3, 0.4) is 0 Å². The Bertz CT molecular complexity index is 319. The average molecular weight is 185 g/mol. The van der Waals surface area contributed by atoms with E-state index < -0.39 is 0 Å². The Kier molecular flexibility index (Phi) is 1.76. The van der Waals surface area contributed by atoms with Crippen molar-refractivity contribution in [2.75, 3.05) is 7.11 Å². The highest BCUT2D eigenvalue weighted by Gasteiger charge is 2.38. The topological polar surface area (TPSA) is 48.4 Å². The predicted octanol–water partition coefficient (Wildman–Crippen LogP) is 0.279. The molecule has 72 valence electrons. The first kappa shape index (κ1) is 8.50. The second kappa shape index (κ2) is 2.70. The van der Waals surface area contributed by atoms with Crippen LogP contribution in [0, 0.1) is 0 Å². The van der Waals surface area contributed by atoms with E-state index in [1.54, 1.807) is 11.8 Å². The highest BCUT2D eigenvalue weighted by atomic mass is 16.6. The molecule has 0 aliphatic carbocycles. The summed E-state index contributed by atoms with van der Waals surface area (Å²) in [5.41, 5.74) is 0.682. The van der Waals surface area contributed by atoms with E-state index in [-0.39, 0.29) is 5.60 Å². The number of hydrogen-bond donors (Lipinski definition) is 0. The van der Waals surface area contributed by atoms with Gasteiger partial charge in [-0.05, 0) is 18.5 Å². The van der Waals surface area contributed by atoms with E-state index in [1.807, 2.05) is 13.8 Å². The Morgan fingerprint density at radius 2 is 2.31 bits per heavy atom. The van der Waals surface area contributed by atoms with Crippen LogP contribution in [0.4, 0.5) is 0 Å². The smallest absolute Gasteiger partial charge is 0.388 e. The number of hydrogen-bond acceptors (Lipinski definition) is 4. The van der Waals surface area contributed by atoms with Crippen molar-refractivity contribution < 1.29 is 18.7 Å². The maximum atomic E-state index is 5.59. The Labute approximate surface area is 76.2 Å². The molecule has 5 heteroatoms. The lowest BCUT2D eigenvalue weighted by atomic mass is 10.1. The maximum Gasteiger partial charge on any atom is 0.388 e. The number of aromatic nitrogens is 2. The van der Waals surface area contributed by atoms with Gasteiger partial charge < -0.3 is 9.47 Å². The van der Waals surface area contributed by atoms with Gasteiger partial charge in [-0.1, -0.05) is 0 Å². The van der Waals surface area contributed by atoms with E-state index in [9.17, 15) is 0 Å². The Balaban J connectivity index is 2.33. The van der Waals surface area contributed by atoms with Crippen LogP contribution in [-0.4, -0.2) is 18.0 Å². The van der Waals surface area contributed by atoms with Gasteiger partial charge in [0.25, 0.3) is 0 Å². The molecule has 13 heavy (non-hydrogen) atoms. The standard InChI is InChI=1S/C8H13N2O3/c1-8(2)5-10-6(4-12-8)7(11-3)13-9-10/h4-5H2,1-3H3/q+1. The SMILES string of the molecule is COc1on[n+]2c1COC(C)(C)C2. The number of ether oxygens (including phenoxy) is 2. The fraction of sp³-hybridized carbons (Fsp3) is 0.750. The van der Waals surface area contributed by atoms with E-state index in [0.29, 0.717) is 19.1 Å². The molecule has 0 amide bonds. The highest BCUT2D eigenvalue weighted by molar-refractivity contribution is 5.06. The molecule has 5 nitrogen and oxygen atoms in total. The van der Waals surface area contributed by atoms with Gasteiger partial charge in [-0.3, -0.25) is 4.52 Å². The number of fused-ring (bicyclic) bond motifs is 1. The minimum absolute atomic E-state index is 0.181. The summed E-state index contributed by atoms with van der Waals surface area (Å²) in [7, 11) is 1.56. The van der Waals surface area contributed by atoms with Gasteiger partial charge in [-0.25, -0.2) is 0 Å². The van der Waals surface area contributed by atoms with E-state index in [0.717, 1.165) is 5.69 Å². The molecule has 1 aliphatic heterocycles. The van der Waals surface area contributed by atoms with Crippen molar-refractivity contribution in [3.63, 3.8) is 0 Å². The number of rotatable bonds is 1. The average Bonchev–Trinajstić information content (AvgIpc) is 2.44. The molecule has 0 bridgehead atoms. The van der Waals surface area contributed by atoms with E-state index in [4.69, 9.17) is 14.0 Å². The summed E-state index contributed by atoms with van der Waals surface area (Å²) in [6.45, 7) is 5.21. The van der Waals surface area contributed by atoms with Crippen LogP contribution < -0.4 is 9.42 Å². The lowest BCUT2D eigenvalue weighted by Crippen LogP contribution is -2.53. The summed E-state index contributed by atoms with van der Waals surface area (Å²) in [6.07, 6.45) is 0. The van der Waals surface area contributed by atoms with Crippen LogP contribution in [0.5, 0.6) is 5.95 Å². The molecule has 0 saturated heterocycles. The first-order chi connectivity index (χ1) is 6.12. The molecule has 1 aromatic rings. The molecule has 0 saturated carbocycles. The highest BCUT2D eigenvalue weighted by Crippen LogP contribution is 2.22. The Morgan fingerprint density at radius 1 is 1.54 bits per heavy atom. The van der Waals surface area contributed by atoms with Crippen LogP contribution in [0.2, 0.25) is 0 Å². The van der Waals surface area contributed by atoms with Crippen LogP contribution in [0.15, 0.2) is 4.52 Å². The van der Waals surface area contributed by atoms with Gasteiger partial charge in [0.2, 0.25) is 11.8 Å². The normalized spacial score (nSPS) is 19.6. The van der Waals surface area contributed by atoms with Crippen molar-refractivity contribution in [1.82, 2.24) is 5.27 Å². The van der Waals surface area contributed by atoms with Crippen molar-refractivity contribution in [2.45, 2.75) is 32.6 Å². The van der Waals surface area contributed by atoms with Crippen molar-refractivity contribution in [3.8, 4) is 5.95 Å². The lowest BCUT2D eigenvalue weighted by molar-refractivity contribution is -0.789. The summed E-state index contributed by atoms with van der Waals surface area (Å²) in [5, 5.41) is 3.86. The summed E-state index contributed by atoms with van der Waals surface area (Å²) in [6, 6.07) is 0. The molecule has 2 heterocycles. The van der Waals surface area contributed by atoms with Gasteiger partial charge >= 0.3 is 11.6 Å². The van der Waals surface area contributed by atoms with Crippen molar-refractivity contribution in [3.05, 3.63) is 5.69 Å². The monoisotopic (exact) mass is 185 g/mol. The third kappa shape index (κ3) is 1.39. The molecule has 0 atom stereocenters. The summed E-state index contributed by atoms with van der Waals surface area (Å²) < 4.78 is 17.3. The number of nitrogens with zero attached hydrogens (tertiary/aromatic N) is 2. The van der Waals surface area contributed by atoms with Crippen molar-refractivity contribution in [2.24, 2.45) is 0 Å². The Hall–Kier alpha value is -1.10. The third-order valence-electron chi connectivity index (χ3n) is 2.09. The molecule has 2 rings (SSSR count). The maximum absolute atomic E-state index is 5.59. The van der Waals surface area contributed by atoms with Crippen LogP contribution >= 0.6 is 0 Å². The summed E-state index contributed by atoms with van der Waals surface area (Å²) in [4.78, 5) is 0. The molecule has 0 unspecified atom stereocenters. The van der Waals surface area contributed by atoms with Crippen LogP contribution in [0.1, 0.15) is 19.5 Å². The van der Waals surface area contributed by atoms with Gasteiger partial charge in [0, 0.05) is 0 Å². The first-order valence-electron chi connectivity index (χ1n) is 4.19. The van der Waals surface area contributed by atoms with E-state index >= 15 is 0 Å². The van der Waals surface area contributed by atoms with Gasteiger partial charge in [0.1, 0.15) is 12.2 Å². The Morgan fingerprint density at radius 3 is 3.00 bits per heavy atom. The molecule has 0 N–H and O–H groups in total. The van der Waals surface area contributed by atoms with Gasteiger partial charge in [0.05, 0.1) is 7.11 Å². The number of methoxy groups -OCH3 is 1. The molecular formula is C8H13N2O3+. The fourth-order valence-electron chi connectivity index (χ4n) is 1.38. The first-order valence-corrected chi connectivity index (χ1v) is 4.19. The quantitative estimate of drug-likeness (QED) is 0.589. The van der Waals surface area contributed by atoms with E-state index in [2.05, 4.69) is 5.27 Å². The molecule has 0 spiro atoms. The molecule has 0 fully saturated rings. The molecule has 0 radical (unpaired) electrons. The predicted molar refractivity (Wildman–Crippen MR) is 42.1 cm³/mol. The zero-order chi connectivity index (χ0) is 9.47. The minimum atomic E-state index is -0.181. The van der Waals surface area contributed by atoms with Gasteiger partial charge in [0.15, 0.2) is 0 Å². The summed E-state index contributed by atoms with van der Waals surface area (Å²) >= 11 is 0. The van der Waals surface area contributed by atoms with Crippen molar-refractivity contribution >= 4 is 0 Å². The minimum Gasteiger partial charge on any atom is -0.462 e. The fourth-order valence-corrected chi connectivity index (χ4v) is 1.38.